The summed E-state index contributed by atoms with van der Waals surface area (Å²) in [5.74, 6) is 0.0173. The second-order valence-electron chi connectivity index (χ2n) is 10.1. The number of carbonyl (C=O) groups excluding carboxylic acids is 1. The highest BCUT2D eigenvalue weighted by molar-refractivity contribution is 7.07. The number of nitriles is 1. The molecular formula is C35H26ClN3O4S. The molecule has 1 aromatic heterocycles. The zero-order valence-corrected chi connectivity index (χ0v) is 25.5. The van der Waals surface area contributed by atoms with E-state index in [2.05, 4.69) is 11.1 Å². The summed E-state index contributed by atoms with van der Waals surface area (Å²) in [6, 6.07) is 27.5. The van der Waals surface area contributed by atoms with Gasteiger partial charge in [0, 0.05) is 16.1 Å². The smallest absolute Gasteiger partial charge is 0.338 e. The van der Waals surface area contributed by atoms with Gasteiger partial charge in [0.15, 0.2) is 4.80 Å². The molecule has 0 saturated heterocycles. The SMILES string of the molecule is CCOC(=O)C1=C(C)N=c2s/c(=C\c3c(OCc4ccccc4C#N)ccc4ccccc34)c(=O)n2[C@H]1c1ccccc1Cl. The maximum Gasteiger partial charge on any atom is 0.338 e. The second kappa shape index (κ2) is 12.3. The lowest BCUT2D eigenvalue weighted by Crippen LogP contribution is -2.40. The van der Waals surface area contributed by atoms with E-state index in [4.69, 9.17) is 21.1 Å². The van der Waals surface area contributed by atoms with Crippen LogP contribution in [0.2, 0.25) is 5.02 Å². The maximum atomic E-state index is 14.2. The van der Waals surface area contributed by atoms with E-state index < -0.39 is 12.0 Å². The molecule has 7 nitrogen and oxygen atoms in total. The van der Waals surface area contributed by atoms with Gasteiger partial charge in [-0.3, -0.25) is 9.36 Å². The lowest BCUT2D eigenvalue weighted by molar-refractivity contribution is -0.139. The number of nitrogens with zero attached hydrogens (tertiary/aromatic N) is 3. The summed E-state index contributed by atoms with van der Waals surface area (Å²) in [7, 11) is 0. The number of fused-ring (bicyclic) bond motifs is 2. The zero-order valence-electron chi connectivity index (χ0n) is 23.9. The summed E-state index contributed by atoms with van der Waals surface area (Å²) in [6.45, 7) is 3.83. The molecule has 6 rings (SSSR count). The summed E-state index contributed by atoms with van der Waals surface area (Å²) in [5.41, 5.74) is 3.03. The van der Waals surface area contributed by atoms with E-state index in [1.807, 2.05) is 66.7 Å². The van der Waals surface area contributed by atoms with E-state index in [-0.39, 0.29) is 24.3 Å². The van der Waals surface area contributed by atoms with Crippen molar-refractivity contribution in [1.29, 1.82) is 5.26 Å². The van der Waals surface area contributed by atoms with E-state index in [0.717, 1.165) is 21.9 Å². The number of esters is 1. The largest absolute Gasteiger partial charge is 0.488 e. The van der Waals surface area contributed by atoms with E-state index in [1.165, 1.54) is 15.9 Å². The molecule has 0 aliphatic carbocycles. The van der Waals surface area contributed by atoms with Crippen LogP contribution in [0, 0.1) is 11.3 Å². The van der Waals surface area contributed by atoms with Crippen molar-refractivity contribution in [2.45, 2.75) is 26.5 Å². The molecule has 0 unspecified atom stereocenters. The summed E-state index contributed by atoms with van der Waals surface area (Å²) in [5, 5.41) is 11.8. The molecule has 1 atom stereocenters. The van der Waals surface area contributed by atoms with E-state index in [1.54, 1.807) is 38.1 Å². The molecule has 0 bridgehead atoms. The predicted molar refractivity (Wildman–Crippen MR) is 171 cm³/mol. The Kier molecular flexibility index (Phi) is 8.16. The van der Waals surface area contributed by atoms with Crippen molar-refractivity contribution >= 4 is 45.8 Å². The number of allylic oxidation sites excluding steroid dienone is 1. The molecule has 0 spiro atoms. The predicted octanol–water partition coefficient (Wildman–Crippen LogP) is 6.06. The van der Waals surface area contributed by atoms with Crippen LogP contribution >= 0.6 is 22.9 Å². The lowest BCUT2D eigenvalue weighted by atomic mass is 9.96. The molecule has 1 aliphatic rings. The fourth-order valence-corrected chi connectivity index (χ4v) is 6.64. The van der Waals surface area contributed by atoms with Crippen LogP contribution in [0.5, 0.6) is 5.75 Å². The topological polar surface area (TPSA) is 93.7 Å². The van der Waals surface area contributed by atoms with Gasteiger partial charge in [-0.05, 0) is 54.5 Å². The van der Waals surface area contributed by atoms with Gasteiger partial charge in [-0.1, -0.05) is 89.7 Å². The standard InChI is InChI=1S/C35H26ClN3O4S/c1-3-42-34(41)31-21(2)38-35-39(32(31)26-14-8-9-15-28(26)36)33(40)30(44-35)18-27-25-13-7-6-10-22(25)16-17-29(27)43-20-24-12-5-4-11-23(24)19-37/h4-18,32H,3,20H2,1-2H3/b30-18-/t32-/m0/s1. The van der Waals surface area contributed by atoms with Gasteiger partial charge < -0.3 is 9.47 Å². The van der Waals surface area contributed by atoms with E-state index in [9.17, 15) is 14.9 Å². The Morgan fingerprint density at radius 2 is 1.82 bits per heavy atom. The van der Waals surface area contributed by atoms with Crippen molar-refractivity contribution < 1.29 is 14.3 Å². The third kappa shape index (κ3) is 5.32. The fourth-order valence-electron chi connectivity index (χ4n) is 5.37. The normalized spacial score (nSPS) is 14.6. The average Bonchev–Trinajstić information content (AvgIpc) is 3.34. The van der Waals surface area contributed by atoms with Gasteiger partial charge in [0.25, 0.3) is 5.56 Å². The minimum absolute atomic E-state index is 0.179. The Labute approximate surface area is 262 Å². The molecule has 2 heterocycles. The van der Waals surface area contributed by atoms with Gasteiger partial charge in [-0.2, -0.15) is 5.26 Å². The summed E-state index contributed by atoms with van der Waals surface area (Å²) < 4.78 is 13.6. The molecule has 5 aromatic rings. The fraction of sp³-hybridized carbons (Fsp3) is 0.143. The van der Waals surface area contributed by atoms with Gasteiger partial charge in [0.05, 0.1) is 34.0 Å². The number of hydrogen-bond donors (Lipinski definition) is 0. The summed E-state index contributed by atoms with van der Waals surface area (Å²) in [6.07, 6.45) is 1.81. The van der Waals surface area contributed by atoms with Crippen LogP contribution in [0.3, 0.4) is 0 Å². The van der Waals surface area contributed by atoms with Gasteiger partial charge in [-0.25, -0.2) is 9.79 Å². The number of hydrogen-bond acceptors (Lipinski definition) is 7. The van der Waals surface area contributed by atoms with Gasteiger partial charge >= 0.3 is 5.97 Å². The highest BCUT2D eigenvalue weighted by Crippen LogP contribution is 2.35. The van der Waals surface area contributed by atoms with E-state index in [0.29, 0.717) is 36.9 Å². The monoisotopic (exact) mass is 619 g/mol. The number of halogens is 1. The van der Waals surface area contributed by atoms with Crippen LogP contribution in [0.1, 0.15) is 42.1 Å². The van der Waals surface area contributed by atoms with Crippen molar-refractivity contribution in [3.05, 3.63) is 143 Å². The average molecular weight is 620 g/mol. The first-order valence-electron chi connectivity index (χ1n) is 14.0. The third-order valence-electron chi connectivity index (χ3n) is 7.44. The van der Waals surface area contributed by atoms with Crippen LogP contribution in [0.15, 0.2) is 106 Å². The molecule has 0 N–H and O–H groups in total. The van der Waals surface area contributed by atoms with Crippen LogP contribution in [0.25, 0.3) is 16.8 Å². The summed E-state index contributed by atoms with van der Waals surface area (Å²) in [4.78, 5) is 32.6. The number of benzene rings is 4. The van der Waals surface area contributed by atoms with Gasteiger partial charge in [0.1, 0.15) is 18.4 Å². The number of carbonyl (C=O) groups is 1. The van der Waals surface area contributed by atoms with Crippen LogP contribution < -0.4 is 19.6 Å². The maximum absolute atomic E-state index is 14.2. The minimum Gasteiger partial charge on any atom is -0.488 e. The molecule has 4 aromatic carbocycles. The summed E-state index contributed by atoms with van der Waals surface area (Å²) >= 11 is 7.87. The van der Waals surface area contributed by atoms with Crippen LogP contribution in [0.4, 0.5) is 0 Å². The second-order valence-corrected chi connectivity index (χ2v) is 11.5. The number of thiazole rings is 1. The molecule has 1 aliphatic heterocycles. The Morgan fingerprint density at radius 3 is 2.61 bits per heavy atom. The first-order chi connectivity index (χ1) is 21.4. The van der Waals surface area contributed by atoms with Crippen LogP contribution in [-0.4, -0.2) is 17.1 Å². The van der Waals surface area contributed by atoms with Gasteiger partial charge in [0.2, 0.25) is 0 Å². The molecule has 0 radical (unpaired) electrons. The zero-order chi connectivity index (χ0) is 30.8. The Hall–Kier alpha value is -4.97. The van der Waals surface area contributed by atoms with Crippen molar-refractivity contribution in [3.8, 4) is 11.8 Å². The lowest BCUT2D eigenvalue weighted by Gasteiger charge is -2.25. The number of rotatable bonds is 7. The first-order valence-corrected chi connectivity index (χ1v) is 15.2. The molecule has 9 heteroatoms. The quantitative estimate of drug-likeness (QED) is 0.207. The van der Waals surface area contributed by atoms with Crippen molar-refractivity contribution in [2.75, 3.05) is 6.61 Å². The Balaban J connectivity index is 1.54. The Bertz CT molecular complexity index is 2190. The highest BCUT2D eigenvalue weighted by atomic mass is 35.5. The molecule has 0 fully saturated rings. The van der Waals surface area contributed by atoms with Gasteiger partial charge in [-0.15, -0.1) is 0 Å². The molecular weight excluding hydrogens is 594 g/mol. The van der Waals surface area contributed by atoms with Crippen molar-refractivity contribution in [3.63, 3.8) is 0 Å². The third-order valence-corrected chi connectivity index (χ3v) is 8.77. The molecule has 0 amide bonds. The number of aromatic nitrogens is 1. The minimum atomic E-state index is -0.813. The Morgan fingerprint density at radius 1 is 1.07 bits per heavy atom. The van der Waals surface area contributed by atoms with Crippen molar-refractivity contribution in [2.24, 2.45) is 4.99 Å². The molecule has 44 heavy (non-hydrogen) atoms. The van der Waals surface area contributed by atoms with Crippen LogP contribution in [-0.2, 0) is 16.1 Å². The van der Waals surface area contributed by atoms with E-state index >= 15 is 0 Å². The number of ether oxygens (including phenoxy) is 2. The molecule has 218 valence electrons. The first kappa shape index (κ1) is 29.1. The van der Waals surface area contributed by atoms with Crippen molar-refractivity contribution in [1.82, 2.24) is 4.57 Å². The molecule has 0 saturated carbocycles. The highest BCUT2D eigenvalue weighted by Gasteiger charge is 2.34.